The Hall–Kier alpha value is -2.21. The number of pyridine rings is 1. The quantitative estimate of drug-likeness (QED) is 0.818. The topological polar surface area (TPSA) is 60.2 Å². The van der Waals surface area contributed by atoms with E-state index in [1.165, 1.54) is 0 Å². The van der Waals surface area contributed by atoms with Gasteiger partial charge in [-0.1, -0.05) is 0 Å². The maximum Gasteiger partial charge on any atom is 0.227 e. The van der Waals surface area contributed by atoms with E-state index in [-0.39, 0.29) is 12.0 Å². The first-order valence-corrected chi connectivity index (χ1v) is 8.02. The SMILES string of the molecule is Cn1cc(CCC(=O)N(C[C@H]2CCCO2)c2ccncc2)cn1. The van der Waals surface area contributed by atoms with E-state index in [1.54, 1.807) is 17.1 Å². The number of aryl methyl sites for hydroxylation is 2. The maximum atomic E-state index is 12.7. The molecule has 0 unspecified atom stereocenters. The third kappa shape index (κ3) is 4.16. The zero-order valence-electron chi connectivity index (χ0n) is 13.4. The molecule has 1 fully saturated rings. The van der Waals surface area contributed by atoms with Crippen molar-refractivity contribution in [1.82, 2.24) is 14.8 Å². The molecule has 3 rings (SSSR count). The summed E-state index contributed by atoms with van der Waals surface area (Å²) in [5.41, 5.74) is 1.96. The standard InChI is InChI=1S/C17H22N4O2/c1-20-12-14(11-19-20)4-5-17(22)21(13-16-3-2-10-23-16)15-6-8-18-9-7-15/h6-9,11-12,16H,2-5,10,13H2,1H3/t16-/m1/s1. The highest BCUT2D eigenvalue weighted by Crippen LogP contribution is 2.20. The number of hydrogen-bond donors (Lipinski definition) is 0. The summed E-state index contributed by atoms with van der Waals surface area (Å²) in [7, 11) is 1.88. The summed E-state index contributed by atoms with van der Waals surface area (Å²) in [6.07, 6.45) is 10.6. The molecule has 1 aliphatic heterocycles. The lowest BCUT2D eigenvalue weighted by molar-refractivity contribution is -0.119. The molecule has 2 aromatic rings. The zero-order chi connectivity index (χ0) is 16.1. The number of ether oxygens (including phenoxy) is 1. The van der Waals surface area contributed by atoms with Gasteiger partial charge in [0.05, 0.1) is 18.8 Å². The molecule has 0 bridgehead atoms. The minimum Gasteiger partial charge on any atom is -0.376 e. The third-order valence-corrected chi connectivity index (χ3v) is 4.07. The van der Waals surface area contributed by atoms with Crippen LogP contribution < -0.4 is 4.90 Å². The van der Waals surface area contributed by atoms with Gasteiger partial charge in [-0.05, 0) is 37.0 Å². The zero-order valence-corrected chi connectivity index (χ0v) is 13.4. The predicted molar refractivity (Wildman–Crippen MR) is 87.1 cm³/mol. The van der Waals surface area contributed by atoms with Gasteiger partial charge in [0, 0.05) is 44.4 Å². The molecule has 0 N–H and O–H groups in total. The molecular weight excluding hydrogens is 292 g/mol. The summed E-state index contributed by atoms with van der Waals surface area (Å²) >= 11 is 0. The number of carbonyl (C=O) groups is 1. The van der Waals surface area contributed by atoms with Gasteiger partial charge in [0.1, 0.15) is 0 Å². The second-order valence-corrected chi connectivity index (χ2v) is 5.87. The molecule has 23 heavy (non-hydrogen) atoms. The molecule has 1 atom stereocenters. The molecule has 0 spiro atoms. The van der Waals surface area contributed by atoms with Crippen molar-refractivity contribution in [3.63, 3.8) is 0 Å². The summed E-state index contributed by atoms with van der Waals surface area (Å²) in [5, 5.41) is 4.14. The molecule has 6 heteroatoms. The van der Waals surface area contributed by atoms with Crippen LogP contribution in [0, 0.1) is 0 Å². The van der Waals surface area contributed by atoms with Crippen molar-refractivity contribution < 1.29 is 9.53 Å². The number of carbonyl (C=O) groups excluding carboxylic acids is 1. The number of aromatic nitrogens is 3. The van der Waals surface area contributed by atoms with Crippen LogP contribution in [0.5, 0.6) is 0 Å². The van der Waals surface area contributed by atoms with Crippen LogP contribution >= 0.6 is 0 Å². The third-order valence-electron chi connectivity index (χ3n) is 4.07. The van der Waals surface area contributed by atoms with Gasteiger partial charge in [0.25, 0.3) is 0 Å². The normalized spacial score (nSPS) is 17.3. The first-order valence-electron chi connectivity index (χ1n) is 8.02. The van der Waals surface area contributed by atoms with Crippen LogP contribution in [0.1, 0.15) is 24.8 Å². The van der Waals surface area contributed by atoms with Crippen molar-refractivity contribution >= 4 is 11.6 Å². The van der Waals surface area contributed by atoms with Crippen molar-refractivity contribution in [2.45, 2.75) is 31.8 Å². The molecule has 2 aromatic heterocycles. The number of rotatable bonds is 6. The average Bonchev–Trinajstić information content (AvgIpc) is 3.23. The van der Waals surface area contributed by atoms with Crippen molar-refractivity contribution in [1.29, 1.82) is 0 Å². The summed E-state index contributed by atoms with van der Waals surface area (Å²) < 4.78 is 7.46. The highest BCUT2D eigenvalue weighted by atomic mass is 16.5. The van der Waals surface area contributed by atoms with Crippen LogP contribution in [0.3, 0.4) is 0 Å². The van der Waals surface area contributed by atoms with Gasteiger partial charge in [0.2, 0.25) is 5.91 Å². The lowest BCUT2D eigenvalue weighted by Gasteiger charge is -2.25. The second-order valence-electron chi connectivity index (χ2n) is 5.87. The minimum atomic E-state index is 0.107. The van der Waals surface area contributed by atoms with E-state index in [9.17, 15) is 4.79 Å². The lowest BCUT2D eigenvalue weighted by Crippen LogP contribution is -2.37. The Morgan fingerprint density at radius 3 is 2.91 bits per heavy atom. The van der Waals surface area contributed by atoms with E-state index in [4.69, 9.17) is 4.74 Å². The molecule has 122 valence electrons. The van der Waals surface area contributed by atoms with E-state index in [0.717, 1.165) is 30.7 Å². The molecular formula is C17H22N4O2. The van der Waals surface area contributed by atoms with Gasteiger partial charge < -0.3 is 9.64 Å². The predicted octanol–water partition coefficient (Wildman–Crippen LogP) is 1.96. The smallest absolute Gasteiger partial charge is 0.227 e. The second kappa shape index (κ2) is 7.37. The Morgan fingerprint density at radius 2 is 2.26 bits per heavy atom. The van der Waals surface area contributed by atoms with Crippen molar-refractivity contribution in [2.75, 3.05) is 18.1 Å². The van der Waals surface area contributed by atoms with Crippen LogP contribution in [-0.2, 0) is 23.0 Å². The number of amides is 1. The van der Waals surface area contributed by atoms with Gasteiger partial charge in [-0.3, -0.25) is 14.5 Å². The Balaban J connectivity index is 1.67. The Labute approximate surface area is 136 Å². The minimum absolute atomic E-state index is 0.107. The molecule has 3 heterocycles. The van der Waals surface area contributed by atoms with Gasteiger partial charge in [-0.2, -0.15) is 5.10 Å². The van der Waals surface area contributed by atoms with Gasteiger partial charge >= 0.3 is 0 Å². The summed E-state index contributed by atoms with van der Waals surface area (Å²) in [6, 6.07) is 3.74. The summed E-state index contributed by atoms with van der Waals surface area (Å²) in [5.74, 6) is 0.107. The van der Waals surface area contributed by atoms with Crippen molar-refractivity contribution in [3.8, 4) is 0 Å². The van der Waals surface area contributed by atoms with Crippen molar-refractivity contribution in [3.05, 3.63) is 42.5 Å². The van der Waals surface area contributed by atoms with E-state index in [2.05, 4.69) is 10.1 Å². The molecule has 1 amide bonds. The molecule has 1 saturated heterocycles. The molecule has 0 radical (unpaired) electrons. The average molecular weight is 314 g/mol. The molecule has 6 nitrogen and oxygen atoms in total. The molecule has 0 aromatic carbocycles. The first-order chi connectivity index (χ1) is 11.2. The van der Waals surface area contributed by atoms with Crippen LogP contribution in [0.15, 0.2) is 36.9 Å². The fraction of sp³-hybridized carbons (Fsp3) is 0.471. The maximum absolute atomic E-state index is 12.7. The Morgan fingerprint density at radius 1 is 1.43 bits per heavy atom. The van der Waals surface area contributed by atoms with Crippen molar-refractivity contribution in [2.24, 2.45) is 7.05 Å². The fourth-order valence-corrected chi connectivity index (χ4v) is 2.85. The Bertz CT molecular complexity index is 635. The number of hydrogen-bond acceptors (Lipinski definition) is 4. The highest BCUT2D eigenvalue weighted by Gasteiger charge is 2.23. The van der Waals surface area contributed by atoms with Crippen LogP contribution in [0.2, 0.25) is 0 Å². The van der Waals surface area contributed by atoms with E-state index >= 15 is 0 Å². The molecule has 1 aliphatic rings. The highest BCUT2D eigenvalue weighted by molar-refractivity contribution is 5.93. The van der Waals surface area contributed by atoms with E-state index in [1.807, 2.05) is 36.5 Å². The Kier molecular flexibility index (Phi) is 5.02. The van der Waals surface area contributed by atoms with Gasteiger partial charge in [-0.25, -0.2) is 0 Å². The fourth-order valence-electron chi connectivity index (χ4n) is 2.85. The number of anilines is 1. The van der Waals surface area contributed by atoms with E-state index in [0.29, 0.717) is 19.4 Å². The molecule has 0 saturated carbocycles. The van der Waals surface area contributed by atoms with Gasteiger partial charge in [-0.15, -0.1) is 0 Å². The first kappa shape index (κ1) is 15.7. The lowest BCUT2D eigenvalue weighted by atomic mass is 10.1. The van der Waals surface area contributed by atoms with Crippen LogP contribution in [0.25, 0.3) is 0 Å². The largest absolute Gasteiger partial charge is 0.376 e. The molecule has 0 aliphatic carbocycles. The number of nitrogens with zero attached hydrogens (tertiary/aromatic N) is 4. The van der Waals surface area contributed by atoms with Crippen LogP contribution in [-0.4, -0.2) is 39.9 Å². The van der Waals surface area contributed by atoms with Gasteiger partial charge in [0.15, 0.2) is 0 Å². The summed E-state index contributed by atoms with van der Waals surface area (Å²) in [6.45, 7) is 1.40. The van der Waals surface area contributed by atoms with Crippen LogP contribution in [0.4, 0.5) is 5.69 Å². The summed E-state index contributed by atoms with van der Waals surface area (Å²) in [4.78, 5) is 18.6. The van der Waals surface area contributed by atoms with E-state index < -0.39 is 0 Å². The monoisotopic (exact) mass is 314 g/mol.